The van der Waals surface area contributed by atoms with E-state index in [1.54, 1.807) is 0 Å². The molecular weight excluding hydrogens is 343 g/mol. The summed E-state index contributed by atoms with van der Waals surface area (Å²) in [7, 11) is 2.74. The maximum atomic E-state index is 12.2. The van der Waals surface area contributed by atoms with Crippen LogP contribution in [0.3, 0.4) is 0 Å². The van der Waals surface area contributed by atoms with Gasteiger partial charge in [0.05, 0.1) is 6.42 Å². The first-order chi connectivity index (χ1) is 11.6. The number of alkyl halides is 3. The highest BCUT2D eigenvalue weighted by Crippen LogP contribution is 2.23. The summed E-state index contributed by atoms with van der Waals surface area (Å²) in [6.07, 6.45) is -5.03. The summed E-state index contributed by atoms with van der Waals surface area (Å²) in [5, 5.41) is 2.50. The van der Waals surface area contributed by atoms with Crippen LogP contribution in [0, 0.1) is 0 Å². The Balaban J connectivity index is 1.91. The third-order valence-electron chi connectivity index (χ3n) is 3.67. The Morgan fingerprint density at radius 1 is 1.28 bits per heavy atom. The third-order valence-corrected chi connectivity index (χ3v) is 3.67. The van der Waals surface area contributed by atoms with E-state index in [4.69, 9.17) is 0 Å². The Labute approximate surface area is 141 Å². The minimum absolute atomic E-state index is 0.0394. The molecule has 4 amide bonds. The molecule has 0 saturated carbocycles. The van der Waals surface area contributed by atoms with Crippen LogP contribution in [0.2, 0.25) is 0 Å². The molecule has 1 aliphatic rings. The fourth-order valence-corrected chi connectivity index (χ4v) is 2.38. The van der Waals surface area contributed by atoms with E-state index in [1.165, 1.54) is 31.1 Å². The molecule has 0 aliphatic carbocycles. The number of halogens is 3. The summed E-state index contributed by atoms with van der Waals surface area (Å²) < 4.78 is 40.4. The van der Waals surface area contributed by atoms with E-state index < -0.39 is 36.0 Å². The summed E-state index contributed by atoms with van der Waals surface area (Å²) in [6.45, 7) is -0.0394. The SMILES string of the molecule is CN1C(=O)[C@H](CC(=O)NCc2cccc(OC(F)(F)F)c2)N(C)C1=O. The molecule has 0 spiro atoms. The van der Waals surface area contributed by atoms with Crippen LogP contribution in [-0.4, -0.2) is 54.1 Å². The minimum Gasteiger partial charge on any atom is -0.406 e. The van der Waals surface area contributed by atoms with Crippen molar-refractivity contribution in [2.24, 2.45) is 0 Å². The van der Waals surface area contributed by atoms with Crippen molar-refractivity contribution >= 4 is 17.8 Å². The smallest absolute Gasteiger partial charge is 0.406 e. The number of nitrogens with zero attached hydrogens (tertiary/aromatic N) is 2. The van der Waals surface area contributed by atoms with E-state index in [2.05, 4.69) is 10.1 Å². The highest BCUT2D eigenvalue weighted by Gasteiger charge is 2.41. The van der Waals surface area contributed by atoms with Gasteiger partial charge < -0.3 is 15.0 Å². The van der Waals surface area contributed by atoms with Crippen molar-refractivity contribution in [2.45, 2.75) is 25.4 Å². The molecule has 1 aromatic carbocycles. The Bertz CT molecular complexity index is 693. The predicted octanol–water partition coefficient (Wildman–Crippen LogP) is 1.48. The van der Waals surface area contributed by atoms with Crippen LogP contribution in [0.4, 0.5) is 18.0 Å². The molecule has 10 heteroatoms. The van der Waals surface area contributed by atoms with Crippen LogP contribution in [-0.2, 0) is 16.1 Å². The number of urea groups is 1. The molecule has 0 radical (unpaired) electrons. The Morgan fingerprint density at radius 2 is 1.96 bits per heavy atom. The lowest BCUT2D eigenvalue weighted by Gasteiger charge is -2.16. The van der Waals surface area contributed by atoms with Gasteiger partial charge in [-0.2, -0.15) is 0 Å². The van der Waals surface area contributed by atoms with Crippen molar-refractivity contribution in [1.29, 1.82) is 0 Å². The van der Waals surface area contributed by atoms with E-state index in [0.717, 1.165) is 17.0 Å². The van der Waals surface area contributed by atoms with Crippen LogP contribution in [0.25, 0.3) is 0 Å². The number of benzene rings is 1. The monoisotopic (exact) mass is 359 g/mol. The lowest BCUT2D eigenvalue weighted by molar-refractivity contribution is -0.274. The number of likely N-dealkylation sites (N-methyl/N-ethyl adjacent to an activating group) is 2. The molecular formula is C15H16F3N3O4. The predicted molar refractivity (Wildman–Crippen MR) is 79.3 cm³/mol. The maximum Gasteiger partial charge on any atom is 0.573 e. The lowest BCUT2D eigenvalue weighted by Crippen LogP contribution is -2.37. The number of carbonyl (C=O) groups excluding carboxylic acids is 3. The molecule has 0 aromatic heterocycles. The number of rotatable bonds is 5. The number of nitrogens with one attached hydrogen (secondary N) is 1. The van der Waals surface area contributed by atoms with Gasteiger partial charge >= 0.3 is 12.4 Å². The lowest BCUT2D eigenvalue weighted by atomic mass is 10.1. The van der Waals surface area contributed by atoms with Crippen molar-refractivity contribution in [2.75, 3.05) is 14.1 Å². The van der Waals surface area contributed by atoms with Gasteiger partial charge in [-0.05, 0) is 17.7 Å². The fourth-order valence-electron chi connectivity index (χ4n) is 2.38. The largest absolute Gasteiger partial charge is 0.573 e. The number of hydrogen-bond donors (Lipinski definition) is 1. The molecule has 2 rings (SSSR count). The van der Waals surface area contributed by atoms with E-state index in [0.29, 0.717) is 5.56 Å². The minimum atomic E-state index is -4.80. The molecule has 1 N–H and O–H groups in total. The van der Waals surface area contributed by atoms with E-state index in [1.807, 2.05) is 0 Å². The molecule has 1 aliphatic heterocycles. The van der Waals surface area contributed by atoms with Gasteiger partial charge in [-0.15, -0.1) is 13.2 Å². The second-order valence-electron chi connectivity index (χ2n) is 5.48. The highest BCUT2D eigenvalue weighted by molar-refractivity contribution is 6.05. The Kier molecular flexibility index (Phi) is 5.19. The van der Waals surface area contributed by atoms with Crippen molar-refractivity contribution < 1.29 is 32.3 Å². The molecule has 1 aromatic rings. The molecule has 1 saturated heterocycles. The first kappa shape index (κ1) is 18.6. The molecule has 1 heterocycles. The van der Waals surface area contributed by atoms with Crippen molar-refractivity contribution in [3.8, 4) is 5.75 Å². The van der Waals surface area contributed by atoms with Crippen LogP contribution < -0.4 is 10.1 Å². The second-order valence-corrected chi connectivity index (χ2v) is 5.48. The Morgan fingerprint density at radius 3 is 2.52 bits per heavy atom. The fraction of sp³-hybridized carbons (Fsp3) is 0.400. The Hall–Kier alpha value is -2.78. The van der Waals surface area contributed by atoms with Gasteiger partial charge in [0.15, 0.2) is 0 Å². The average Bonchev–Trinajstić information content (AvgIpc) is 2.70. The van der Waals surface area contributed by atoms with Crippen LogP contribution >= 0.6 is 0 Å². The van der Waals surface area contributed by atoms with Gasteiger partial charge in [0.25, 0.3) is 5.91 Å². The van der Waals surface area contributed by atoms with Gasteiger partial charge in [-0.1, -0.05) is 12.1 Å². The maximum absolute atomic E-state index is 12.2. The molecule has 0 bridgehead atoms. The third kappa shape index (κ3) is 4.61. The van der Waals surface area contributed by atoms with Crippen molar-refractivity contribution in [3.05, 3.63) is 29.8 Å². The zero-order valence-corrected chi connectivity index (χ0v) is 13.5. The quantitative estimate of drug-likeness (QED) is 0.808. The first-order valence-electron chi connectivity index (χ1n) is 7.24. The molecule has 7 nitrogen and oxygen atoms in total. The van der Waals surface area contributed by atoms with Gasteiger partial charge in [-0.25, -0.2) is 4.79 Å². The van der Waals surface area contributed by atoms with Crippen LogP contribution in [0.1, 0.15) is 12.0 Å². The number of carbonyl (C=O) groups is 3. The summed E-state index contributed by atoms with van der Waals surface area (Å²) in [6, 6.07) is 3.79. The van der Waals surface area contributed by atoms with E-state index in [9.17, 15) is 27.6 Å². The number of ether oxygens (including phenoxy) is 1. The summed E-state index contributed by atoms with van der Waals surface area (Å²) in [5.74, 6) is -1.38. The molecule has 136 valence electrons. The zero-order chi connectivity index (χ0) is 18.8. The van der Waals surface area contributed by atoms with Gasteiger partial charge in [0.1, 0.15) is 11.8 Å². The first-order valence-corrected chi connectivity index (χ1v) is 7.24. The van der Waals surface area contributed by atoms with Gasteiger partial charge in [0.2, 0.25) is 5.91 Å². The topological polar surface area (TPSA) is 79.0 Å². The van der Waals surface area contributed by atoms with Gasteiger partial charge in [-0.3, -0.25) is 14.5 Å². The van der Waals surface area contributed by atoms with Crippen molar-refractivity contribution in [1.82, 2.24) is 15.1 Å². The summed E-state index contributed by atoms with van der Waals surface area (Å²) in [4.78, 5) is 37.6. The summed E-state index contributed by atoms with van der Waals surface area (Å²) >= 11 is 0. The molecule has 25 heavy (non-hydrogen) atoms. The number of hydrogen-bond acceptors (Lipinski definition) is 4. The van der Waals surface area contributed by atoms with E-state index in [-0.39, 0.29) is 13.0 Å². The molecule has 1 atom stereocenters. The van der Waals surface area contributed by atoms with Crippen LogP contribution in [0.15, 0.2) is 24.3 Å². The van der Waals surface area contributed by atoms with E-state index >= 15 is 0 Å². The normalized spacial score (nSPS) is 17.9. The molecule has 1 fully saturated rings. The average molecular weight is 359 g/mol. The number of imide groups is 1. The zero-order valence-electron chi connectivity index (χ0n) is 13.5. The summed E-state index contributed by atoms with van der Waals surface area (Å²) in [5.41, 5.74) is 0.398. The molecule has 0 unspecified atom stereocenters. The van der Waals surface area contributed by atoms with Gasteiger partial charge in [0, 0.05) is 20.6 Å². The standard InChI is InChI=1S/C15H16F3N3O4/c1-20-11(13(23)21(2)14(20)24)7-12(22)19-8-9-4-3-5-10(6-9)25-15(16,17)18/h3-6,11H,7-8H2,1-2H3,(H,19,22)/t11-/m0/s1. The number of amides is 4. The highest BCUT2D eigenvalue weighted by atomic mass is 19.4. The second kappa shape index (κ2) is 6.99. The van der Waals surface area contributed by atoms with Crippen LogP contribution in [0.5, 0.6) is 5.75 Å². The van der Waals surface area contributed by atoms with Crippen molar-refractivity contribution in [3.63, 3.8) is 0 Å².